The van der Waals surface area contributed by atoms with Crippen molar-refractivity contribution in [2.75, 3.05) is 6.61 Å². The standard InChI is InChI=1S/C12H15F2N3O2/c13-11(14)8-5-9(8)12(18)15-6-7-4-10-17(16-7)2-1-3-19-10/h4,8-9,11H,1-3,5-6H2,(H,15,18)/t8-,9-/m0/s1. The van der Waals surface area contributed by atoms with Crippen LogP contribution in [0.3, 0.4) is 0 Å². The molecule has 0 spiro atoms. The lowest BCUT2D eigenvalue weighted by Gasteiger charge is -2.13. The van der Waals surface area contributed by atoms with E-state index in [0.717, 1.165) is 13.0 Å². The van der Waals surface area contributed by atoms with E-state index in [4.69, 9.17) is 4.74 Å². The van der Waals surface area contributed by atoms with Crippen LogP contribution in [0.4, 0.5) is 8.78 Å². The second-order valence-corrected chi connectivity index (χ2v) is 4.96. The van der Waals surface area contributed by atoms with Gasteiger partial charge in [-0.05, 0) is 6.42 Å². The zero-order valence-corrected chi connectivity index (χ0v) is 10.3. The maximum absolute atomic E-state index is 12.3. The summed E-state index contributed by atoms with van der Waals surface area (Å²) in [5.74, 6) is -0.906. The van der Waals surface area contributed by atoms with Gasteiger partial charge in [0.25, 0.3) is 0 Å². The first-order chi connectivity index (χ1) is 9.15. The fourth-order valence-electron chi connectivity index (χ4n) is 2.31. The second-order valence-electron chi connectivity index (χ2n) is 4.96. The summed E-state index contributed by atoms with van der Waals surface area (Å²) in [4.78, 5) is 11.6. The molecule has 1 N–H and O–H groups in total. The maximum atomic E-state index is 12.3. The molecule has 0 aromatic carbocycles. The molecule has 2 atom stereocenters. The van der Waals surface area contributed by atoms with E-state index >= 15 is 0 Å². The third-order valence-electron chi connectivity index (χ3n) is 3.50. The van der Waals surface area contributed by atoms with Crippen molar-refractivity contribution in [1.29, 1.82) is 0 Å². The van der Waals surface area contributed by atoms with Gasteiger partial charge >= 0.3 is 0 Å². The summed E-state index contributed by atoms with van der Waals surface area (Å²) >= 11 is 0. The average molecular weight is 271 g/mol. The number of hydrogen-bond acceptors (Lipinski definition) is 3. The van der Waals surface area contributed by atoms with Crippen molar-refractivity contribution in [2.24, 2.45) is 11.8 Å². The fourth-order valence-corrected chi connectivity index (χ4v) is 2.31. The van der Waals surface area contributed by atoms with Crippen LogP contribution in [0.5, 0.6) is 5.88 Å². The first kappa shape index (κ1) is 12.4. The fraction of sp³-hybridized carbons (Fsp3) is 0.667. The molecule has 1 aromatic heterocycles. The van der Waals surface area contributed by atoms with Crippen LogP contribution in [0, 0.1) is 11.8 Å². The van der Waals surface area contributed by atoms with Gasteiger partial charge in [-0.2, -0.15) is 5.10 Å². The number of halogens is 2. The van der Waals surface area contributed by atoms with Crippen LogP contribution in [-0.2, 0) is 17.9 Å². The Morgan fingerprint density at radius 1 is 1.63 bits per heavy atom. The van der Waals surface area contributed by atoms with Gasteiger partial charge in [-0.25, -0.2) is 13.5 Å². The summed E-state index contributed by atoms with van der Waals surface area (Å²) in [6.07, 6.45) is -1.20. The number of rotatable bonds is 4. The van der Waals surface area contributed by atoms with Crippen LogP contribution in [0.2, 0.25) is 0 Å². The Labute approximate surface area is 108 Å². The summed E-state index contributed by atoms with van der Waals surface area (Å²) < 4.78 is 31.8. The number of aryl methyl sites for hydroxylation is 1. The van der Waals surface area contributed by atoms with Crippen molar-refractivity contribution in [3.63, 3.8) is 0 Å². The van der Waals surface area contributed by atoms with E-state index in [1.165, 1.54) is 0 Å². The zero-order valence-electron chi connectivity index (χ0n) is 10.3. The lowest BCUT2D eigenvalue weighted by Crippen LogP contribution is -2.26. The molecule has 104 valence electrons. The quantitative estimate of drug-likeness (QED) is 0.894. The molecular weight excluding hydrogens is 256 g/mol. The van der Waals surface area contributed by atoms with E-state index < -0.39 is 18.3 Å². The van der Waals surface area contributed by atoms with E-state index in [9.17, 15) is 13.6 Å². The Bertz CT molecular complexity index is 466. The first-order valence-corrected chi connectivity index (χ1v) is 6.40. The van der Waals surface area contributed by atoms with Crippen molar-refractivity contribution in [3.8, 4) is 5.88 Å². The molecule has 19 heavy (non-hydrogen) atoms. The molecule has 2 heterocycles. The van der Waals surface area contributed by atoms with Gasteiger partial charge in [-0.1, -0.05) is 0 Å². The Morgan fingerprint density at radius 2 is 2.47 bits per heavy atom. The zero-order chi connectivity index (χ0) is 13.4. The monoisotopic (exact) mass is 271 g/mol. The molecule has 1 aromatic rings. The molecule has 1 aliphatic heterocycles. The SMILES string of the molecule is O=C(NCc1cc2n(n1)CCCO2)[C@H]1C[C@@H]1C(F)F. The number of carbonyl (C=O) groups excluding carboxylic acids is 1. The minimum atomic E-state index is -2.40. The van der Waals surface area contributed by atoms with Crippen molar-refractivity contribution < 1.29 is 18.3 Å². The smallest absolute Gasteiger partial charge is 0.242 e. The number of alkyl halides is 2. The van der Waals surface area contributed by atoms with Gasteiger partial charge in [0.15, 0.2) is 0 Å². The predicted octanol–water partition coefficient (Wildman–Crippen LogP) is 1.18. The molecule has 0 bridgehead atoms. The van der Waals surface area contributed by atoms with E-state index in [1.807, 2.05) is 0 Å². The largest absolute Gasteiger partial charge is 0.478 e. The lowest BCUT2D eigenvalue weighted by molar-refractivity contribution is -0.123. The number of carbonyl (C=O) groups is 1. The molecule has 1 fully saturated rings. The first-order valence-electron chi connectivity index (χ1n) is 6.40. The normalized spacial score (nSPS) is 24.8. The van der Waals surface area contributed by atoms with E-state index in [0.29, 0.717) is 18.2 Å². The van der Waals surface area contributed by atoms with Crippen molar-refractivity contribution in [2.45, 2.75) is 32.4 Å². The van der Waals surface area contributed by atoms with Crippen LogP contribution in [0.1, 0.15) is 18.5 Å². The highest BCUT2D eigenvalue weighted by atomic mass is 19.3. The average Bonchev–Trinajstić information content (AvgIpc) is 3.09. The third-order valence-corrected chi connectivity index (χ3v) is 3.50. The molecule has 7 heteroatoms. The van der Waals surface area contributed by atoms with E-state index in [-0.39, 0.29) is 18.9 Å². The number of aromatic nitrogens is 2. The second kappa shape index (κ2) is 4.79. The lowest BCUT2D eigenvalue weighted by atomic mass is 10.3. The number of amides is 1. The van der Waals surface area contributed by atoms with Gasteiger partial charge in [-0.3, -0.25) is 4.79 Å². The van der Waals surface area contributed by atoms with Gasteiger partial charge in [-0.15, -0.1) is 0 Å². The van der Waals surface area contributed by atoms with Gasteiger partial charge in [0.2, 0.25) is 18.2 Å². The molecule has 1 aliphatic carbocycles. The summed E-state index contributed by atoms with van der Waals surface area (Å²) in [6, 6.07) is 1.77. The molecule has 2 aliphatic rings. The highest BCUT2D eigenvalue weighted by Gasteiger charge is 2.48. The number of nitrogens with one attached hydrogen (secondary N) is 1. The number of nitrogens with zero attached hydrogens (tertiary/aromatic N) is 2. The van der Waals surface area contributed by atoms with Gasteiger partial charge in [0, 0.05) is 30.9 Å². The van der Waals surface area contributed by atoms with Gasteiger partial charge in [0.05, 0.1) is 18.8 Å². The maximum Gasteiger partial charge on any atom is 0.242 e. The summed E-state index contributed by atoms with van der Waals surface area (Å²) in [7, 11) is 0. The highest BCUT2D eigenvalue weighted by molar-refractivity contribution is 5.81. The predicted molar refractivity (Wildman–Crippen MR) is 61.8 cm³/mol. The molecule has 3 rings (SSSR count). The molecule has 0 unspecified atom stereocenters. The van der Waals surface area contributed by atoms with Crippen LogP contribution >= 0.6 is 0 Å². The van der Waals surface area contributed by atoms with Crippen LogP contribution in [0.15, 0.2) is 6.07 Å². The number of fused-ring (bicyclic) bond motifs is 1. The number of hydrogen-bond donors (Lipinski definition) is 1. The Morgan fingerprint density at radius 3 is 3.16 bits per heavy atom. The molecular formula is C12H15F2N3O2. The van der Waals surface area contributed by atoms with Crippen LogP contribution in [0.25, 0.3) is 0 Å². The minimum Gasteiger partial charge on any atom is -0.478 e. The molecule has 0 saturated heterocycles. The Balaban J connectivity index is 1.52. The van der Waals surface area contributed by atoms with E-state index in [1.54, 1.807) is 10.7 Å². The molecule has 1 saturated carbocycles. The molecule has 5 nitrogen and oxygen atoms in total. The summed E-state index contributed by atoms with van der Waals surface area (Å²) in [5, 5.41) is 6.94. The topological polar surface area (TPSA) is 56.2 Å². The highest BCUT2D eigenvalue weighted by Crippen LogP contribution is 2.43. The van der Waals surface area contributed by atoms with Crippen LogP contribution < -0.4 is 10.1 Å². The van der Waals surface area contributed by atoms with Crippen molar-refractivity contribution in [1.82, 2.24) is 15.1 Å². The molecule has 1 amide bonds. The van der Waals surface area contributed by atoms with Crippen molar-refractivity contribution in [3.05, 3.63) is 11.8 Å². The Hall–Kier alpha value is -1.66. The van der Waals surface area contributed by atoms with Gasteiger partial charge < -0.3 is 10.1 Å². The summed E-state index contributed by atoms with van der Waals surface area (Å²) in [5.41, 5.74) is 0.694. The third kappa shape index (κ3) is 2.54. The number of ether oxygens (including phenoxy) is 1. The summed E-state index contributed by atoms with van der Waals surface area (Å²) in [6.45, 7) is 1.74. The van der Waals surface area contributed by atoms with Crippen LogP contribution in [-0.4, -0.2) is 28.7 Å². The van der Waals surface area contributed by atoms with E-state index in [2.05, 4.69) is 10.4 Å². The minimum absolute atomic E-state index is 0.259. The Kier molecular flexibility index (Phi) is 3.12. The van der Waals surface area contributed by atoms with Gasteiger partial charge in [0.1, 0.15) is 0 Å². The van der Waals surface area contributed by atoms with Crippen molar-refractivity contribution >= 4 is 5.91 Å². The molecule has 0 radical (unpaired) electrons.